The van der Waals surface area contributed by atoms with Crippen LogP contribution in [-0.2, 0) is 16.0 Å². The lowest BCUT2D eigenvalue weighted by atomic mass is 10.1. The van der Waals surface area contributed by atoms with Gasteiger partial charge in [-0.25, -0.2) is 0 Å². The Hall–Kier alpha value is -2.54. The van der Waals surface area contributed by atoms with Crippen LogP contribution in [0.4, 0.5) is 24.5 Å². The molecular formula is C16H12ClF3N2O2. The quantitative estimate of drug-likeness (QED) is 0.869. The Bertz CT molecular complexity index is 746. The lowest BCUT2D eigenvalue weighted by molar-refractivity contribution is -0.167. The van der Waals surface area contributed by atoms with Gasteiger partial charge in [0.15, 0.2) is 0 Å². The van der Waals surface area contributed by atoms with E-state index in [0.29, 0.717) is 10.7 Å². The summed E-state index contributed by atoms with van der Waals surface area (Å²) in [5, 5.41) is 4.84. The summed E-state index contributed by atoms with van der Waals surface area (Å²) in [6.45, 7) is 0. The minimum absolute atomic E-state index is 0.0230. The molecule has 2 amide bonds. The van der Waals surface area contributed by atoms with Crippen LogP contribution < -0.4 is 10.6 Å². The van der Waals surface area contributed by atoms with Gasteiger partial charge in [-0.05, 0) is 42.0 Å². The molecule has 2 N–H and O–H groups in total. The topological polar surface area (TPSA) is 58.2 Å². The third-order valence-electron chi connectivity index (χ3n) is 2.94. The Kier molecular flexibility index (Phi) is 5.46. The number of hydrogen-bond acceptors (Lipinski definition) is 2. The summed E-state index contributed by atoms with van der Waals surface area (Å²) in [5.41, 5.74) is 1.10. The molecule has 0 spiro atoms. The third kappa shape index (κ3) is 5.27. The van der Waals surface area contributed by atoms with Crippen LogP contribution >= 0.6 is 11.6 Å². The fourth-order valence-corrected chi connectivity index (χ4v) is 2.09. The summed E-state index contributed by atoms with van der Waals surface area (Å²) in [6.07, 6.45) is -4.85. The maximum absolute atomic E-state index is 12.1. The maximum Gasteiger partial charge on any atom is 0.471 e. The number of alkyl halides is 3. The Morgan fingerprint density at radius 1 is 0.958 bits per heavy atom. The summed E-state index contributed by atoms with van der Waals surface area (Å²) in [4.78, 5) is 22.7. The van der Waals surface area contributed by atoms with Crippen LogP contribution in [0.5, 0.6) is 0 Å². The number of halogens is 4. The summed E-state index contributed by atoms with van der Waals surface area (Å²) in [5.74, 6) is -2.36. The molecule has 0 bridgehead atoms. The van der Waals surface area contributed by atoms with Crippen LogP contribution in [0, 0.1) is 0 Å². The Morgan fingerprint density at radius 2 is 1.54 bits per heavy atom. The molecule has 2 rings (SSSR count). The van der Waals surface area contributed by atoms with E-state index in [4.69, 9.17) is 11.6 Å². The lowest BCUT2D eigenvalue weighted by Gasteiger charge is -2.09. The van der Waals surface area contributed by atoms with Crippen LogP contribution in [0.3, 0.4) is 0 Å². The van der Waals surface area contributed by atoms with E-state index < -0.39 is 12.1 Å². The number of carbonyl (C=O) groups is 2. The van der Waals surface area contributed by atoms with Gasteiger partial charge in [-0.15, -0.1) is 0 Å². The number of amides is 2. The van der Waals surface area contributed by atoms with Crippen molar-refractivity contribution in [3.8, 4) is 0 Å². The minimum atomic E-state index is -4.95. The zero-order chi connectivity index (χ0) is 17.7. The molecule has 0 aliphatic heterocycles. The average molecular weight is 357 g/mol. The maximum atomic E-state index is 12.1. The molecule has 0 aromatic heterocycles. The predicted molar refractivity (Wildman–Crippen MR) is 84.9 cm³/mol. The molecule has 0 unspecified atom stereocenters. The van der Waals surface area contributed by atoms with Crippen LogP contribution in [0.1, 0.15) is 5.56 Å². The molecule has 0 saturated heterocycles. The first kappa shape index (κ1) is 17.8. The van der Waals surface area contributed by atoms with Gasteiger partial charge in [0, 0.05) is 16.4 Å². The first-order valence-electron chi connectivity index (χ1n) is 6.76. The Morgan fingerprint density at radius 3 is 2.08 bits per heavy atom. The molecular weight excluding hydrogens is 345 g/mol. The van der Waals surface area contributed by atoms with Crippen molar-refractivity contribution in [2.45, 2.75) is 12.6 Å². The second-order valence-corrected chi connectivity index (χ2v) is 5.32. The normalized spacial score (nSPS) is 11.0. The monoisotopic (exact) mass is 356 g/mol. The largest absolute Gasteiger partial charge is 0.471 e. The highest BCUT2D eigenvalue weighted by molar-refractivity contribution is 6.30. The second-order valence-electron chi connectivity index (χ2n) is 4.88. The predicted octanol–water partition coefficient (Wildman–Crippen LogP) is 4.02. The van der Waals surface area contributed by atoms with Crippen molar-refractivity contribution in [1.29, 1.82) is 0 Å². The summed E-state index contributed by atoms with van der Waals surface area (Å²) < 4.78 is 36.4. The lowest BCUT2D eigenvalue weighted by Crippen LogP contribution is -2.29. The smallest absolute Gasteiger partial charge is 0.326 e. The van der Waals surface area contributed by atoms with Crippen molar-refractivity contribution in [1.82, 2.24) is 0 Å². The van der Waals surface area contributed by atoms with E-state index in [9.17, 15) is 22.8 Å². The molecule has 0 atom stereocenters. The van der Waals surface area contributed by atoms with Crippen molar-refractivity contribution in [3.63, 3.8) is 0 Å². The van der Waals surface area contributed by atoms with Crippen LogP contribution in [-0.4, -0.2) is 18.0 Å². The number of hydrogen-bond donors (Lipinski definition) is 2. The zero-order valence-corrected chi connectivity index (χ0v) is 12.9. The second kappa shape index (κ2) is 7.35. The van der Waals surface area contributed by atoms with E-state index >= 15 is 0 Å². The molecule has 8 heteroatoms. The van der Waals surface area contributed by atoms with E-state index in [1.54, 1.807) is 29.6 Å². The number of anilines is 2. The van der Waals surface area contributed by atoms with E-state index in [0.717, 1.165) is 5.56 Å². The van der Waals surface area contributed by atoms with Crippen LogP contribution in [0.15, 0.2) is 48.5 Å². The number of carbonyl (C=O) groups excluding carboxylic acids is 2. The highest BCUT2D eigenvalue weighted by Crippen LogP contribution is 2.20. The molecule has 2 aromatic carbocycles. The first-order chi connectivity index (χ1) is 11.2. The van der Waals surface area contributed by atoms with Crippen LogP contribution in [0.2, 0.25) is 5.02 Å². The average Bonchev–Trinajstić information content (AvgIpc) is 2.48. The SMILES string of the molecule is O=C(Cc1cccc(Cl)c1)Nc1ccc(NC(=O)C(F)(F)F)cc1. The van der Waals surface area contributed by atoms with Crippen molar-refractivity contribution in [2.75, 3.05) is 10.6 Å². The fraction of sp³-hybridized carbons (Fsp3) is 0.125. The van der Waals surface area contributed by atoms with Gasteiger partial charge < -0.3 is 10.6 Å². The molecule has 0 aliphatic carbocycles. The van der Waals surface area contributed by atoms with Gasteiger partial charge >= 0.3 is 12.1 Å². The molecule has 2 aromatic rings. The molecule has 0 heterocycles. The molecule has 126 valence electrons. The van der Waals surface area contributed by atoms with Crippen molar-refractivity contribution < 1.29 is 22.8 Å². The van der Waals surface area contributed by atoms with Gasteiger partial charge in [-0.1, -0.05) is 23.7 Å². The molecule has 0 fully saturated rings. The summed E-state index contributed by atoms with van der Waals surface area (Å²) in [7, 11) is 0. The van der Waals surface area contributed by atoms with Crippen molar-refractivity contribution in [3.05, 3.63) is 59.1 Å². The van der Waals surface area contributed by atoms with E-state index in [1.807, 2.05) is 0 Å². The Balaban J connectivity index is 1.94. The zero-order valence-electron chi connectivity index (χ0n) is 12.2. The molecule has 0 radical (unpaired) electrons. The fourth-order valence-electron chi connectivity index (χ4n) is 1.88. The molecule has 0 aliphatic rings. The highest BCUT2D eigenvalue weighted by atomic mass is 35.5. The third-order valence-corrected chi connectivity index (χ3v) is 3.17. The van der Waals surface area contributed by atoms with Crippen LogP contribution in [0.25, 0.3) is 0 Å². The van der Waals surface area contributed by atoms with E-state index in [2.05, 4.69) is 5.32 Å². The number of nitrogens with one attached hydrogen (secondary N) is 2. The molecule has 4 nitrogen and oxygen atoms in total. The number of rotatable bonds is 4. The van der Waals surface area contributed by atoms with E-state index in [1.165, 1.54) is 24.3 Å². The molecule has 0 saturated carbocycles. The number of benzene rings is 2. The summed E-state index contributed by atoms with van der Waals surface area (Å²) in [6, 6.07) is 12.1. The molecule has 24 heavy (non-hydrogen) atoms. The first-order valence-corrected chi connectivity index (χ1v) is 7.14. The standard InChI is InChI=1S/C16H12ClF3N2O2/c17-11-3-1-2-10(8-11)9-14(23)21-12-4-6-13(7-5-12)22-15(24)16(18,19)20/h1-8H,9H2,(H,21,23)(H,22,24). The van der Waals surface area contributed by atoms with Gasteiger partial charge in [0.25, 0.3) is 0 Å². The van der Waals surface area contributed by atoms with Crippen molar-refractivity contribution >= 4 is 34.8 Å². The van der Waals surface area contributed by atoms with Gasteiger partial charge in [-0.2, -0.15) is 13.2 Å². The van der Waals surface area contributed by atoms with Crippen molar-refractivity contribution in [2.24, 2.45) is 0 Å². The highest BCUT2D eigenvalue weighted by Gasteiger charge is 2.38. The van der Waals surface area contributed by atoms with Gasteiger partial charge in [-0.3, -0.25) is 9.59 Å². The van der Waals surface area contributed by atoms with Gasteiger partial charge in [0.1, 0.15) is 0 Å². The van der Waals surface area contributed by atoms with Gasteiger partial charge in [0.05, 0.1) is 6.42 Å². The Labute approximate surface area is 140 Å². The summed E-state index contributed by atoms with van der Waals surface area (Å²) >= 11 is 5.83. The van der Waals surface area contributed by atoms with E-state index in [-0.39, 0.29) is 18.0 Å². The van der Waals surface area contributed by atoms with Gasteiger partial charge in [0.2, 0.25) is 5.91 Å². The minimum Gasteiger partial charge on any atom is -0.326 e.